The summed E-state index contributed by atoms with van der Waals surface area (Å²) in [4.78, 5) is 30.7. The minimum Gasteiger partial charge on any atom is -0.544 e. The summed E-state index contributed by atoms with van der Waals surface area (Å²) >= 11 is 7.21. The molecule has 0 aliphatic heterocycles. The van der Waals surface area contributed by atoms with E-state index in [9.17, 15) is 14.7 Å². The number of rotatable bonds is 6. The van der Waals surface area contributed by atoms with Gasteiger partial charge in [0.05, 0.1) is 21.3 Å². The quantitative estimate of drug-likeness (QED) is 0.641. The van der Waals surface area contributed by atoms with Gasteiger partial charge in [0, 0.05) is 0 Å². The Morgan fingerprint density at radius 2 is 2.26 bits per heavy atom. The highest BCUT2D eigenvalue weighted by molar-refractivity contribution is 7.20. The lowest BCUT2D eigenvalue weighted by molar-refractivity contribution is -0.254. The Hall–Kier alpha value is -2.90. The number of aryl methyl sites for hydroxylation is 1. The highest BCUT2D eigenvalue weighted by Gasteiger charge is 2.15. The first kappa shape index (κ1) is 18.9. The molecule has 0 atom stereocenters. The molecule has 0 aliphatic carbocycles. The number of nitrogens with one attached hydrogen (secondary N) is 1. The summed E-state index contributed by atoms with van der Waals surface area (Å²) in [5.41, 5.74) is 0.635. The normalized spacial score (nSPS) is 11.6. The number of thiophene rings is 1. The zero-order valence-corrected chi connectivity index (χ0v) is 15.8. The molecule has 0 amide bonds. The van der Waals surface area contributed by atoms with Gasteiger partial charge in [0.25, 0.3) is 5.56 Å². The number of benzene rings is 1. The highest BCUT2D eigenvalue weighted by atomic mass is 35.5. The van der Waals surface area contributed by atoms with Crippen LogP contribution in [0.1, 0.15) is 26.6 Å². The Labute approximate surface area is 163 Å². The number of hydrogen-bond donors (Lipinski definition) is 1. The van der Waals surface area contributed by atoms with Gasteiger partial charge in [-0.05, 0) is 36.3 Å². The van der Waals surface area contributed by atoms with Gasteiger partial charge in [0.2, 0.25) is 0 Å². The molecule has 3 rings (SSSR count). The van der Waals surface area contributed by atoms with E-state index in [-0.39, 0.29) is 21.1 Å². The summed E-state index contributed by atoms with van der Waals surface area (Å²) in [7, 11) is 0. The van der Waals surface area contributed by atoms with Crippen molar-refractivity contribution in [1.82, 2.24) is 9.97 Å². The summed E-state index contributed by atoms with van der Waals surface area (Å²) in [5, 5.41) is 11.6. The molecule has 0 unspecified atom stereocenters. The van der Waals surface area contributed by atoms with Gasteiger partial charge in [-0.1, -0.05) is 36.4 Å². The van der Waals surface area contributed by atoms with Gasteiger partial charge >= 0.3 is 0 Å². The molecule has 138 valence electrons. The van der Waals surface area contributed by atoms with E-state index in [4.69, 9.17) is 16.3 Å². The van der Waals surface area contributed by atoms with Crippen LogP contribution < -0.4 is 15.4 Å². The lowest BCUT2D eigenvalue weighted by Crippen LogP contribution is -2.21. The Balaban J connectivity index is 2.02. The topological polar surface area (TPSA) is 95.1 Å². The van der Waals surface area contributed by atoms with Gasteiger partial charge in [-0.2, -0.15) is 0 Å². The second kappa shape index (κ2) is 7.77. The van der Waals surface area contributed by atoms with Crippen LogP contribution in [-0.4, -0.2) is 22.5 Å². The smallest absolute Gasteiger partial charge is 0.260 e. The van der Waals surface area contributed by atoms with E-state index in [0.717, 1.165) is 16.9 Å². The largest absolute Gasteiger partial charge is 0.544 e. The molecule has 0 spiro atoms. The maximum atomic E-state index is 12.4. The maximum absolute atomic E-state index is 12.4. The third-order valence-corrected chi connectivity index (χ3v) is 5.19. The second-order valence-electron chi connectivity index (χ2n) is 5.60. The Kier molecular flexibility index (Phi) is 5.43. The lowest BCUT2D eigenvalue weighted by Gasteiger charge is -2.04. The lowest BCUT2D eigenvalue weighted by atomic mass is 10.2. The average Bonchev–Trinajstić information content (AvgIpc) is 2.97. The molecule has 8 heteroatoms. The van der Waals surface area contributed by atoms with Crippen molar-refractivity contribution in [3.63, 3.8) is 0 Å². The number of aromatic amines is 1. The van der Waals surface area contributed by atoms with Crippen molar-refractivity contribution < 1.29 is 14.6 Å². The van der Waals surface area contributed by atoms with Crippen LogP contribution in [0.5, 0.6) is 5.75 Å². The van der Waals surface area contributed by atoms with E-state index in [1.807, 2.05) is 12.1 Å². The molecule has 6 nitrogen and oxygen atoms in total. The summed E-state index contributed by atoms with van der Waals surface area (Å²) in [6.07, 6.45) is 3.27. The number of nitrogens with zero attached hydrogens (tertiary/aromatic N) is 1. The highest BCUT2D eigenvalue weighted by Crippen LogP contribution is 2.28. The Bertz CT molecular complexity index is 1130. The molecule has 27 heavy (non-hydrogen) atoms. The molecule has 2 aromatic heterocycles. The number of carbonyl (C=O) groups excluding carboxylic acids is 1. The van der Waals surface area contributed by atoms with Crippen LogP contribution in [-0.2, 0) is 0 Å². The van der Waals surface area contributed by atoms with Gasteiger partial charge in [0.15, 0.2) is 5.82 Å². The first-order chi connectivity index (χ1) is 12.9. The summed E-state index contributed by atoms with van der Waals surface area (Å²) in [6.45, 7) is 5.53. The molecule has 0 aliphatic rings. The predicted molar refractivity (Wildman–Crippen MR) is 105 cm³/mol. The number of ether oxygens (including phenoxy) is 1. The minimum absolute atomic E-state index is 0.0210. The van der Waals surface area contributed by atoms with Gasteiger partial charge in [-0.3, -0.25) is 4.79 Å². The van der Waals surface area contributed by atoms with E-state index in [1.165, 1.54) is 0 Å². The number of fused-ring (bicyclic) bond motifs is 1. The SMILES string of the molecule is C=CCOc1cccc(/C=C(\Cl)c2nc3sc(C(=O)[O-])c(C)c3c(=O)[nH]2)c1. The fourth-order valence-electron chi connectivity index (χ4n) is 2.52. The van der Waals surface area contributed by atoms with Crippen molar-refractivity contribution in [3.8, 4) is 5.75 Å². The number of aromatic nitrogens is 2. The van der Waals surface area contributed by atoms with Gasteiger partial charge in [-0.25, -0.2) is 4.98 Å². The molecule has 1 N–H and O–H groups in total. The van der Waals surface area contributed by atoms with Crippen molar-refractivity contribution in [2.24, 2.45) is 0 Å². The number of H-pyrrole nitrogens is 1. The number of carbonyl (C=O) groups is 1. The third-order valence-electron chi connectivity index (χ3n) is 3.73. The van der Waals surface area contributed by atoms with Gasteiger partial charge in [-0.15, -0.1) is 11.3 Å². The molecular weight excluding hydrogens is 388 g/mol. The maximum Gasteiger partial charge on any atom is 0.260 e. The number of hydrogen-bond acceptors (Lipinski definition) is 6. The van der Waals surface area contributed by atoms with Crippen molar-refractivity contribution in [3.05, 3.63) is 69.1 Å². The molecule has 2 heterocycles. The van der Waals surface area contributed by atoms with E-state index in [2.05, 4.69) is 16.5 Å². The van der Waals surface area contributed by atoms with Crippen molar-refractivity contribution in [2.45, 2.75) is 6.92 Å². The monoisotopic (exact) mass is 401 g/mol. The molecule has 0 radical (unpaired) electrons. The molecule has 1 aromatic carbocycles. The molecule has 3 aromatic rings. The summed E-state index contributed by atoms with van der Waals surface area (Å²) < 4.78 is 5.47. The Morgan fingerprint density at radius 1 is 1.48 bits per heavy atom. The van der Waals surface area contributed by atoms with Crippen LogP contribution >= 0.6 is 22.9 Å². The molecule has 0 fully saturated rings. The second-order valence-corrected chi connectivity index (χ2v) is 7.01. The van der Waals surface area contributed by atoms with Crippen LogP contribution in [0.25, 0.3) is 21.3 Å². The van der Waals surface area contributed by atoms with E-state index in [1.54, 1.807) is 31.2 Å². The van der Waals surface area contributed by atoms with Gasteiger partial charge < -0.3 is 19.6 Å². The van der Waals surface area contributed by atoms with E-state index in [0.29, 0.717) is 22.8 Å². The molecule has 0 bridgehead atoms. The number of carboxylic acids is 1. The van der Waals surface area contributed by atoms with E-state index >= 15 is 0 Å². The number of halogens is 1. The summed E-state index contributed by atoms with van der Waals surface area (Å²) in [5.74, 6) is -0.537. The number of carboxylic acid groups (broad SMARTS) is 1. The van der Waals surface area contributed by atoms with Crippen LogP contribution in [0.4, 0.5) is 0 Å². The van der Waals surface area contributed by atoms with Crippen LogP contribution in [0.3, 0.4) is 0 Å². The van der Waals surface area contributed by atoms with Crippen molar-refractivity contribution in [1.29, 1.82) is 0 Å². The fraction of sp³-hybridized carbons (Fsp3) is 0.105. The zero-order chi connectivity index (χ0) is 19.6. The minimum atomic E-state index is -1.34. The standard InChI is InChI=1S/C19H15ClN2O4S/c1-3-7-26-12-6-4-5-11(8-12)9-13(20)16-21-17(23)14-10(2)15(19(24)25)27-18(14)22-16/h3-6,8-9H,1,7H2,2H3,(H,24,25)(H,21,22,23)/p-1/b13-9-. The molecule has 0 saturated heterocycles. The van der Waals surface area contributed by atoms with Crippen LogP contribution in [0, 0.1) is 6.92 Å². The zero-order valence-electron chi connectivity index (χ0n) is 14.2. The Morgan fingerprint density at radius 3 is 2.96 bits per heavy atom. The predicted octanol–water partition coefficient (Wildman–Crippen LogP) is 2.96. The van der Waals surface area contributed by atoms with Crippen molar-refractivity contribution >= 4 is 50.2 Å². The molecular formula is C19H14ClN2O4S-. The molecule has 0 saturated carbocycles. The number of aromatic carboxylic acids is 1. The first-order valence-corrected chi connectivity index (χ1v) is 9.06. The summed E-state index contributed by atoms with van der Waals surface area (Å²) in [6, 6.07) is 7.22. The van der Waals surface area contributed by atoms with Crippen LogP contribution in [0.15, 0.2) is 41.7 Å². The average molecular weight is 402 g/mol. The van der Waals surface area contributed by atoms with Crippen LogP contribution in [0.2, 0.25) is 0 Å². The first-order valence-electron chi connectivity index (χ1n) is 7.86. The third kappa shape index (κ3) is 3.94. The van der Waals surface area contributed by atoms with Crippen molar-refractivity contribution in [2.75, 3.05) is 6.61 Å². The van der Waals surface area contributed by atoms with E-state index < -0.39 is 11.5 Å². The fourth-order valence-corrected chi connectivity index (χ4v) is 3.75. The van der Waals surface area contributed by atoms with Gasteiger partial charge in [0.1, 0.15) is 17.2 Å².